The Bertz CT molecular complexity index is 410. The molecular weight excluding hydrogens is 279 g/mol. The van der Waals surface area contributed by atoms with Crippen molar-refractivity contribution in [3.8, 4) is 0 Å². The number of hydrogen-bond donors (Lipinski definition) is 2. The molecule has 0 aromatic heterocycles. The Balaban J connectivity index is 0.000000847. The Kier molecular flexibility index (Phi) is 7.30. The summed E-state index contributed by atoms with van der Waals surface area (Å²) < 4.78 is 13.0. The van der Waals surface area contributed by atoms with Gasteiger partial charge in [0.1, 0.15) is 5.82 Å². The zero-order valence-corrected chi connectivity index (χ0v) is 13.6. The van der Waals surface area contributed by atoms with E-state index in [1.165, 1.54) is 64.0 Å². The summed E-state index contributed by atoms with van der Waals surface area (Å²) in [6, 6.07) is 7.10. The average Bonchev–Trinajstić information content (AvgIpc) is 3.10. The number of aliphatic hydroxyl groups excluding tert-OH is 1. The zero-order valence-electron chi connectivity index (χ0n) is 13.6. The van der Waals surface area contributed by atoms with Crippen LogP contribution in [0.1, 0.15) is 37.2 Å². The number of nitrogens with zero attached hydrogens (tertiary/aromatic N) is 1. The molecule has 0 amide bonds. The highest BCUT2D eigenvalue weighted by atomic mass is 19.1. The van der Waals surface area contributed by atoms with Crippen molar-refractivity contribution in [3.63, 3.8) is 0 Å². The molecule has 0 aliphatic carbocycles. The first-order chi connectivity index (χ1) is 10.8. The van der Waals surface area contributed by atoms with Crippen LogP contribution in [0.5, 0.6) is 0 Å². The fourth-order valence-electron chi connectivity index (χ4n) is 3.55. The Morgan fingerprint density at radius 2 is 1.82 bits per heavy atom. The van der Waals surface area contributed by atoms with Crippen LogP contribution >= 0.6 is 0 Å². The van der Waals surface area contributed by atoms with Crippen molar-refractivity contribution in [2.45, 2.75) is 31.6 Å². The van der Waals surface area contributed by atoms with Crippen molar-refractivity contribution in [3.05, 3.63) is 35.6 Å². The second-order valence-corrected chi connectivity index (χ2v) is 6.31. The maximum absolute atomic E-state index is 13.0. The van der Waals surface area contributed by atoms with Crippen LogP contribution in [-0.2, 0) is 0 Å². The van der Waals surface area contributed by atoms with Gasteiger partial charge in [0.2, 0.25) is 0 Å². The highest BCUT2D eigenvalue weighted by molar-refractivity contribution is 5.21. The van der Waals surface area contributed by atoms with Gasteiger partial charge in [-0.2, -0.15) is 0 Å². The molecule has 2 aliphatic rings. The lowest BCUT2D eigenvalue weighted by molar-refractivity contribution is 0.200. The SMILES string of the molecule is CO.Fc1ccc(C2CCN(CC[C@H]3CCNC3)CC2)cc1. The van der Waals surface area contributed by atoms with Crippen molar-refractivity contribution < 1.29 is 9.50 Å². The average molecular weight is 308 g/mol. The molecular formula is C18H29FN2O. The molecule has 2 heterocycles. The van der Waals surface area contributed by atoms with Gasteiger partial charge in [0.25, 0.3) is 0 Å². The predicted molar refractivity (Wildman–Crippen MR) is 88.6 cm³/mol. The van der Waals surface area contributed by atoms with Gasteiger partial charge in [-0.15, -0.1) is 0 Å². The Labute approximate surface area is 133 Å². The summed E-state index contributed by atoms with van der Waals surface area (Å²) in [5.41, 5.74) is 1.31. The zero-order chi connectivity index (χ0) is 15.8. The van der Waals surface area contributed by atoms with Crippen molar-refractivity contribution >= 4 is 0 Å². The van der Waals surface area contributed by atoms with Crippen molar-refractivity contribution in [1.82, 2.24) is 10.2 Å². The second-order valence-electron chi connectivity index (χ2n) is 6.31. The summed E-state index contributed by atoms with van der Waals surface area (Å²) >= 11 is 0. The van der Waals surface area contributed by atoms with Gasteiger partial charge in [-0.05, 0) is 87.9 Å². The van der Waals surface area contributed by atoms with Crippen LogP contribution in [0.4, 0.5) is 4.39 Å². The van der Waals surface area contributed by atoms with Crippen LogP contribution in [-0.4, -0.2) is 49.8 Å². The van der Waals surface area contributed by atoms with Crippen LogP contribution < -0.4 is 5.32 Å². The monoisotopic (exact) mass is 308 g/mol. The first-order valence-electron chi connectivity index (χ1n) is 8.44. The number of benzene rings is 1. The molecule has 0 spiro atoms. The summed E-state index contributed by atoms with van der Waals surface area (Å²) in [7, 11) is 1.00. The van der Waals surface area contributed by atoms with E-state index >= 15 is 0 Å². The molecule has 4 heteroatoms. The Hall–Kier alpha value is -0.970. The molecule has 1 atom stereocenters. The van der Waals surface area contributed by atoms with Crippen molar-refractivity contribution in [1.29, 1.82) is 0 Å². The molecule has 0 unspecified atom stereocenters. The minimum Gasteiger partial charge on any atom is -0.400 e. The summed E-state index contributed by atoms with van der Waals surface area (Å²) in [4.78, 5) is 2.61. The van der Waals surface area contributed by atoms with E-state index in [4.69, 9.17) is 5.11 Å². The Morgan fingerprint density at radius 1 is 1.14 bits per heavy atom. The molecule has 0 saturated carbocycles. The van der Waals surface area contributed by atoms with E-state index in [9.17, 15) is 4.39 Å². The third-order valence-corrected chi connectivity index (χ3v) is 4.94. The number of nitrogens with one attached hydrogen (secondary N) is 1. The van der Waals surface area contributed by atoms with E-state index in [1.54, 1.807) is 12.1 Å². The Morgan fingerprint density at radius 3 is 2.41 bits per heavy atom. The predicted octanol–water partition coefficient (Wildman–Crippen LogP) is 2.61. The highest BCUT2D eigenvalue weighted by Gasteiger charge is 2.22. The summed E-state index contributed by atoms with van der Waals surface area (Å²) in [6.45, 7) is 6.07. The molecule has 124 valence electrons. The third kappa shape index (κ3) is 5.04. The number of rotatable bonds is 4. The molecule has 22 heavy (non-hydrogen) atoms. The quantitative estimate of drug-likeness (QED) is 0.897. The number of piperidine rings is 1. The minimum atomic E-state index is -0.128. The largest absolute Gasteiger partial charge is 0.400 e. The number of likely N-dealkylation sites (tertiary alicyclic amines) is 1. The molecule has 2 N–H and O–H groups in total. The first-order valence-corrected chi connectivity index (χ1v) is 8.44. The fraction of sp³-hybridized carbons (Fsp3) is 0.667. The van der Waals surface area contributed by atoms with E-state index in [2.05, 4.69) is 10.2 Å². The topological polar surface area (TPSA) is 35.5 Å². The second kappa shape index (κ2) is 9.23. The molecule has 2 aliphatic heterocycles. The van der Waals surface area contributed by atoms with Gasteiger partial charge < -0.3 is 15.3 Å². The van der Waals surface area contributed by atoms with Crippen LogP contribution in [0.3, 0.4) is 0 Å². The van der Waals surface area contributed by atoms with Gasteiger partial charge in [0, 0.05) is 7.11 Å². The minimum absolute atomic E-state index is 0.128. The van der Waals surface area contributed by atoms with Gasteiger partial charge in [0.15, 0.2) is 0 Å². The van der Waals surface area contributed by atoms with Crippen LogP contribution in [0, 0.1) is 11.7 Å². The highest BCUT2D eigenvalue weighted by Crippen LogP contribution is 2.28. The molecule has 3 nitrogen and oxygen atoms in total. The van der Waals surface area contributed by atoms with Crippen LogP contribution in [0.25, 0.3) is 0 Å². The van der Waals surface area contributed by atoms with E-state index < -0.39 is 0 Å². The lowest BCUT2D eigenvalue weighted by atomic mass is 9.89. The van der Waals surface area contributed by atoms with E-state index in [1.807, 2.05) is 12.1 Å². The van der Waals surface area contributed by atoms with Gasteiger partial charge in [0.05, 0.1) is 0 Å². The first kappa shape index (κ1) is 17.4. The lowest BCUT2D eigenvalue weighted by Gasteiger charge is -2.32. The molecule has 1 aromatic carbocycles. The normalized spacial score (nSPS) is 23.1. The molecule has 3 rings (SSSR count). The maximum atomic E-state index is 13.0. The van der Waals surface area contributed by atoms with Crippen LogP contribution in [0.2, 0.25) is 0 Å². The van der Waals surface area contributed by atoms with Gasteiger partial charge in [-0.3, -0.25) is 0 Å². The van der Waals surface area contributed by atoms with Crippen molar-refractivity contribution in [2.24, 2.45) is 5.92 Å². The third-order valence-electron chi connectivity index (χ3n) is 4.94. The van der Waals surface area contributed by atoms with Crippen molar-refractivity contribution in [2.75, 3.05) is 39.8 Å². The molecule has 0 bridgehead atoms. The van der Waals surface area contributed by atoms with Crippen LogP contribution in [0.15, 0.2) is 24.3 Å². The lowest BCUT2D eigenvalue weighted by Crippen LogP contribution is -2.34. The van der Waals surface area contributed by atoms with Gasteiger partial charge in [-0.1, -0.05) is 12.1 Å². The standard InChI is InChI=1S/C17H25FN2.CH4O/c18-17-3-1-15(2-4-17)16-7-11-20(12-8-16)10-6-14-5-9-19-13-14;1-2/h1-4,14,16,19H,5-13H2;2H,1H3/t14-;/m1./s1. The smallest absolute Gasteiger partial charge is 0.123 e. The summed E-state index contributed by atoms with van der Waals surface area (Å²) in [5.74, 6) is 1.39. The van der Waals surface area contributed by atoms with E-state index in [0.717, 1.165) is 13.0 Å². The molecule has 0 radical (unpaired) electrons. The van der Waals surface area contributed by atoms with Gasteiger partial charge >= 0.3 is 0 Å². The number of aliphatic hydroxyl groups is 1. The number of hydrogen-bond acceptors (Lipinski definition) is 3. The molecule has 2 saturated heterocycles. The van der Waals surface area contributed by atoms with Gasteiger partial charge in [-0.25, -0.2) is 4.39 Å². The molecule has 1 aromatic rings. The maximum Gasteiger partial charge on any atom is 0.123 e. The van der Waals surface area contributed by atoms with E-state index in [0.29, 0.717) is 5.92 Å². The summed E-state index contributed by atoms with van der Waals surface area (Å²) in [6.07, 6.45) is 5.13. The molecule has 2 fully saturated rings. The van der Waals surface area contributed by atoms with E-state index in [-0.39, 0.29) is 5.82 Å². The fourth-order valence-corrected chi connectivity index (χ4v) is 3.55. The summed E-state index contributed by atoms with van der Waals surface area (Å²) in [5, 5.41) is 10.4. The number of halogens is 1.